The summed E-state index contributed by atoms with van der Waals surface area (Å²) in [4.78, 5) is 10.7. The Labute approximate surface area is 181 Å². The maximum absolute atomic E-state index is 15.9. The second-order valence-electron chi connectivity index (χ2n) is 7.96. The number of aliphatic hydroxyl groups excluding tert-OH is 1. The monoisotopic (exact) mass is 423 g/mol. The van der Waals surface area contributed by atoms with E-state index < -0.39 is 11.9 Å². The van der Waals surface area contributed by atoms with Crippen molar-refractivity contribution in [2.45, 2.75) is 25.4 Å². The molecular formula is C23H26FN5O2. The van der Waals surface area contributed by atoms with E-state index in [0.717, 1.165) is 11.3 Å². The number of benzene rings is 1. The first-order chi connectivity index (χ1) is 14.9. The number of hydrogen-bond donors (Lipinski definition) is 3. The molecule has 8 heteroatoms. The van der Waals surface area contributed by atoms with Crippen LogP contribution in [-0.4, -0.2) is 59.9 Å². The molecule has 0 amide bonds. The van der Waals surface area contributed by atoms with E-state index in [2.05, 4.69) is 26.5 Å². The Kier molecular flexibility index (Phi) is 5.81. The van der Waals surface area contributed by atoms with E-state index in [1.54, 1.807) is 19.2 Å². The molecule has 0 unspecified atom stereocenters. The van der Waals surface area contributed by atoms with Crippen LogP contribution in [0.4, 0.5) is 21.8 Å². The zero-order chi connectivity index (χ0) is 22.1. The minimum absolute atomic E-state index is 0.222. The predicted octanol–water partition coefficient (Wildman–Crippen LogP) is 2.90. The minimum atomic E-state index is -0.603. The highest BCUT2D eigenvalue weighted by molar-refractivity contribution is 5.79. The lowest BCUT2D eigenvalue weighted by atomic mass is 9.92. The molecule has 4 rings (SSSR count). The molecule has 31 heavy (non-hydrogen) atoms. The number of terminal acetylenes is 1. The molecule has 1 aromatic heterocycles. The lowest BCUT2D eigenvalue weighted by molar-refractivity contribution is 0.139. The fourth-order valence-corrected chi connectivity index (χ4v) is 4.03. The first-order valence-electron chi connectivity index (χ1n) is 10.2. The van der Waals surface area contributed by atoms with Crippen LogP contribution < -0.4 is 15.4 Å². The number of anilines is 3. The standard InChI is InChI=1S/C23H26FN5O2/c1-5-14-12-31-22-17(14)10-18(27-23-26-13(2)8-19(25-3)28-23)21(24)20(22)15-6-7-29(4)11-16(30)9-15/h1,6,8,10,14,16,30H,7,9,11-12H2,2-4H3,(H2,25,26,27,28)/t14-,16+/m1/s1. The van der Waals surface area contributed by atoms with Crippen molar-refractivity contribution < 1.29 is 14.2 Å². The number of β-amino-alcohol motifs (C(OH)–C–C–N with tert-alkyl or cyclic N) is 1. The molecule has 2 aliphatic heterocycles. The number of nitrogens with zero attached hydrogens (tertiary/aromatic N) is 3. The smallest absolute Gasteiger partial charge is 0.229 e. The van der Waals surface area contributed by atoms with Gasteiger partial charge in [0, 0.05) is 43.9 Å². The molecule has 0 saturated heterocycles. The highest BCUT2D eigenvalue weighted by atomic mass is 19.1. The van der Waals surface area contributed by atoms with Crippen LogP contribution in [0.5, 0.6) is 5.75 Å². The van der Waals surface area contributed by atoms with Crippen LogP contribution in [0.15, 0.2) is 18.2 Å². The van der Waals surface area contributed by atoms with E-state index in [-0.39, 0.29) is 17.6 Å². The molecular weight excluding hydrogens is 397 g/mol. The fraction of sp³-hybridized carbons (Fsp3) is 0.391. The summed E-state index contributed by atoms with van der Waals surface area (Å²) in [5.74, 6) is 3.32. The molecule has 0 spiro atoms. The Morgan fingerprint density at radius 3 is 2.90 bits per heavy atom. The number of rotatable bonds is 4. The van der Waals surface area contributed by atoms with Crippen molar-refractivity contribution in [1.82, 2.24) is 14.9 Å². The van der Waals surface area contributed by atoms with Crippen molar-refractivity contribution >= 4 is 23.0 Å². The van der Waals surface area contributed by atoms with Gasteiger partial charge >= 0.3 is 0 Å². The quantitative estimate of drug-likeness (QED) is 0.653. The molecule has 162 valence electrons. The van der Waals surface area contributed by atoms with Crippen LogP contribution >= 0.6 is 0 Å². The number of likely N-dealkylation sites (N-methyl/N-ethyl adjacent to an activating group) is 1. The highest BCUT2D eigenvalue weighted by Crippen LogP contribution is 2.45. The molecule has 0 fully saturated rings. The van der Waals surface area contributed by atoms with Gasteiger partial charge in [0.15, 0.2) is 5.82 Å². The van der Waals surface area contributed by atoms with Gasteiger partial charge < -0.3 is 25.4 Å². The maximum Gasteiger partial charge on any atom is 0.229 e. The van der Waals surface area contributed by atoms with Crippen molar-refractivity contribution in [1.29, 1.82) is 0 Å². The normalized spacial score (nSPS) is 20.8. The number of aromatic nitrogens is 2. The summed E-state index contributed by atoms with van der Waals surface area (Å²) in [7, 11) is 3.68. The molecule has 0 saturated carbocycles. The van der Waals surface area contributed by atoms with Crippen molar-refractivity contribution in [2.75, 3.05) is 44.4 Å². The van der Waals surface area contributed by atoms with Crippen LogP contribution in [-0.2, 0) is 0 Å². The summed E-state index contributed by atoms with van der Waals surface area (Å²) in [5, 5.41) is 16.4. The lowest BCUT2D eigenvalue weighted by Gasteiger charge is -2.18. The summed E-state index contributed by atoms with van der Waals surface area (Å²) >= 11 is 0. The lowest BCUT2D eigenvalue weighted by Crippen LogP contribution is -2.27. The van der Waals surface area contributed by atoms with Crippen LogP contribution in [0.3, 0.4) is 0 Å². The number of ether oxygens (including phenoxy) is 1. The zero-order valence-electron chi connectivity index (χ0n) is 17.9. The molecule has 3 heterocycles. The summed E-state index contributed by atoms with van der Waals surface area (Å²) in [6, 6.07) is 3.47. The van der Waals surface area contributed by atoms with Gasteiger partial charge in [0.2, 0.25) is 5.95 Å². The summed E-state index contributed by atoms with van der Waals surface area (Å²) in [6.45, 7) is 3.25. The third-order valence-corrected chi connectivity index (χ3v) is 5.52. The van der Waals surface area contributed by atoms with Crippen molar-refractivity contribution in [3.63, 3.8) is 0 Å². The van der Waals surface area contributed by atoms with Crippen molar-refractivity contribution in [3.05, 3.63) is 40.8 Å². The van der Waals surface area contributed by atoms with E-state index in [1.165, 1.54) is 0 Å². The Morgan fingerprint density at radius 2 is 2.16 bits per heavy atom. The van der Waals surface area contributed by atoms with Gasteiger partial charge in [-0.1, -0.05) is 12.0 Å². The highest BCUT2D eigenvalue weighted by Gasteiger charge is 2.32. The van der Waals surface area contributed by atoms with Gasteiger partial charge in [-0.05, 0) is 25.6 Å². The summed E-state index contributed by atoms with van der Waals surface area (Å²) in [6.07, 6.45) is 7.36. The Balaban J connectivity index is 1.83. The predicted molar refractivity (Wildman–Crippen MR) is 119 cm³/mol. The number of aliphatic hydroxyl groups is 1. The van der Waals surface area contributed by atoms with Crippen LogP contribution in [0, 0.1) is 25.1 Å². The van der Waals surface area contributed by atoms with Crippen LogP contribution in [0.2, 0.25) is 0 Å². The molecule has 7 nitrogen and oxygen atoms in total. The van der Waals surface area contributed by atoms with E-state index in [4.69, 9.17) is 11.2 Å². The molecule has 2 aromatic rings. The number of hydrogen-bond acceptors (Lipinski definition) is 7. The van der Waals surface area contributed by atoms with Crippen molar-refractivity contribution in [2.24, 2.45) is 0 Å². The maximum atomic E-state index is 15.9. The van der Waals surface area contributed by atoms with E-state index in [9.17, 15) is 5.11 Å². The van der Waals surface area contributed by atoms with Gasteiger partial charge in [-0.3, -0.25) is 0 Å². The van der Waals surface area contributed by atoms with Gasteiger partial charge in [-0.2, -0.15) is 4.98 Å². The Hall–Kier alpha value is -3.15. The second-order valence-corrected chi connectivity index (χ2v) is 7.96. The topological polar surface area (TPSA) is 82.5 Å². The number of fused-ring (bicyclic) bond motifs is 1. The molecule has 0 radical (unpaired) electrons. The molecule has 0 bridgehead atoms. The molecule has 1 aromatic carbocycles. The van der Waals surface area contributed by atoms with Gasteiger partial charge in [0.1, 0.15) is 18.2 Å². The van der Waals surface area contributed by atoms with Gasteiger partial charge in [-0.15, -0.1) is 6.42 Å². The molecule has 0 aliphatic carbocycles. The van der Waals surface area contributed by atoms with Crippen LogP contribution in [0.1, 0.15) is 29.2 Å². The molecule has 3 N–H and O–H groups in total. The van der Waals surface area contributed by atoms with Crippen LogP contribution in [0.25, 0.3) is 5.57 Å². The minimum Gasteiger partial charge on any atom is -0.491 e. The van der Waals surface area contributed by atoms with Gasteiger partial charge in [0.25, 0.3) is 0 Å². The third-order valence-electron chi connectivity index (χ3n) is 5.52. The van der Waals surface area contributed by atoms with E-state index in [0.29, 0.717) is 48.8 Å². The third kappa shape index (κ3) is 4.20. The number of halogens is 1. The molecule has 2 atom stereocenters. The van der Waals surface area contributed by atoms with Crippen molar-refractivity contribution in [3.8, 4) is 18.1 Å². The van der Waals surface area contributed by atoms with Gasteiger partial charge in [-0.25, -0.2) is 9.37 Å². The average Bonchev–Trinajstić information content (AvgIpc) is 3.05. The summed E-state index contributed by atoms with van der Waals surface area (Å²) in [5.41, 5.74) is 2.75. The SMILES string of the molecule is C#C[C@@H]1COc2c1cc(Nc1nc(C)cc(NC)n1)c(F)c2C1=CCN(C)C[C@@H](O)C1. The van der Waals surface area contributed by atoms with E-state index in [1.807, 2.05) is 24.9 Å². The largest absolute Gasteiger partial charge is 0.491 e. The zero-order valence-corrected chi connectivity index (χ0v) is 17.9. The molecule has 2 aliphatic rings. The Bertz CT molecular complexity index is 1080. The Morgan fingerprint density at radius 1 is 1.35 bits per heavy atom. The number of aryl methyl sites for hydroxylation is 1. The number of nitrogens with one attached hydrogen (secondary N) is 2. The first kappa shape index (κ1) is 21.1. The fourth-order valence-electron chi connectivity index (χ4n) is 4.03. The van der Waals surface area contributed by atoms with Gasteiger partial charge in [0.05, 0.1) is 23.3 Å². The average molecular weight is 423 g/mol. The summed E-state index contributed by atoms with van der Waals surface area (Å²) < 4.78 is 21.7. The van der Waals surface area contributed by atoms with E-state index >= 15 is 4.39 Å². The first-order valence-corrected chi connectivity index (χ1v) is 10.2. The second kappa shape index (κ2) is 8.53.